The number of carboxylic acid groups (broad SMARTS) is 1. The van der Waals surface area contributed by atoms with Crippen LogP contribution in [0.2, 0.25) is 0 Å². The molecule has 0 heterocycles. The van der Waals surface area contributed by atoms with Gasteiger partial charge in [0.05, 0.1) is 12.5 Å². The van der Waals surface area contributed by atoms with E-state index in [0.29, 0.717) is 19.4 Å². The van der Waals surface area contributed by atoms with Crippen molar-refractivity contribution in [2.45, 2.75) is 62.7 Å². The number of aliphatic carboxylic acids is 1. The van der Waals surface area contributed by atoms with E-state index < -0.39 is 60.2 Å². The molecular formula is C28H38N6O6. The summed E-state index contributed by atoms with van der Waals surface area (Å²) >= 11 is 0. The van der Waals surface area contributed by atoms with Crippen molar-refractivity contribution in [3.8, 4) is 0 Å². The predicted octanol–water partition coefficient (Wildman–Crippen LogP) is -0.657. The topological polar surface area (TPSA) is 220 Å². The Hall–Kier alpha value is -4.29. The molecule has 4 unspecified atom stereocenters. The zero-order valence-corrected chi connectivity index (χ0v) is 22.3. The third-order valence-corrected chi connectivity index (χ3v) is 6.15. The van der Waals surface area contributed by atoms with E-state index in [-0.39, 0.29) is 19.3 Å². The van der Waals surface area contributed by atoms with Gasteiger partial charge in [-0.05, 0) is 36.9 Å². The number of hydrogen-bond acceptors (Lipinski definition) is 7. The van der Waals surface area contributed by atoms with Crippen molar-refractivity contribution in [1.29, 1.82) is 0 Å². The minimum Gasteiger partial charge on any atom is -0.480 e. The summed E-state index contributed by atoms with van der Waals surface area (Å²) in [5.41, 5.74) is 17.9. The van der Waals surface area contributed by atoms with Gasteiger partial charge in [0.25, 0.3) is 0 Å². The third-order valence-electron chi connectivity index (χ3n) is 6.15. The molecule has 12 heteroatoms. The van der Waals surface area contributed by atoms with Gasteiger partial charge in [-0.25, -0.2) is 4.79 Å². The lowest BCUT2D eigenvalue weighted by Crippen LogP contribution is -2.58. The highest BCUT2D eigenvalue weighted by atomic mass is 16.4. The Bertz CT molecular complexity index is 1130. The van der Waals surface area contributed by atoms with E-state index >= 15 is 0 Å². The first-order chi connectivity index (χ1) is 19.1. The standard InChI is InChI=1S/C28H38N6O6/c29-14-8-7-13-21(26(37)34-23(28(39)40)16-19-11-5-2-6-12-19)32-27(38)22(15-18-9-3-1-4-10-18)33-25(36)20(30)17-24(31)35/h1-6,9-12,20-23H,7-8,13-17,29-30H2,(H2,31,35)(H,32,38)(H,33,36)(H,34,37)(H,39,40). The number of primary amides is 1. The van der Waals surface area contributed by atoms with Crippen molar-refractivity contribution in [2.75, 3.05) is 6.54 Å². The molecule has 0 aromatic heterocycles. The fraction of sp³-hybridized carbons (Fsp3) is 0.393. The molecule has 2 aromatic rings. The molecule has 0 radical (unpaired) electrons. The number of unbranched alkanes of at least 4 members (excludes halogenated alkanes) is 1. The van der Waals surface area contributed by atoms with Crippen LogP contribution in [0.25, 0.3) is 0 Å². The zero-order valence-electron chi connectivity index (χ0n) is 22.3. The van der Waals surface area contributed by atoms with Crippen molar-refractivity contribution >= 4 is 29.6 Å². The first kappa shape index (κ1) is 31.9. The van der Waals surface area contributed by atoms with Gasteiger partial charge in [0.1, 0.15) is 18.1 Å². The number of nitrogens with one attached hydrogen (secondary N) is 3. The van der Waals surface area contributed by atoms with Gasteiger partial charge in [-0.3, -0.25) is 19.2 Å². The highest BCUT2D eigenvalue weighted by Gasteiger charge is 2.30. The number of carbonyl (C=O) groups excluding carboxylic acids is 4. The molecule has 0 aliphatic carbocycles. The lowest BCUT2D eigenvalue weighted by Gasteiger charge is -2.25. The Morgan fingerprint density at radius 2 is 1.18 bits per heavy atom. The highest BCUT2D eigenvalue weighted by molar-refractivity contribution is 5.95. The summed E-state index contributed by atoms with van der Waals surface area (Å²) < 4.78 is 0. The Morgan fingerprint density at radius 3 is 1.68 bits per heavy atom. The minimum atomic E-state index is -1.26. The first-order valence-electron chi connectivity index (χ1n) is 13.1. The van der Waals surface area contributed by atoms with Crippen LogP contribution in [0.5, 0.6) is 0 Å². The Labute approximate surface area is 233 Å². The summed E-state index contributed by atoms with van der Waals surface area (Å²) in [6.07, 6.45) is 0.982. The van der Waals surface area contributed by atoms with Crippen LogP contribution in [0.1, 0.15) is 36.8 Å². The number of benzene rings is 2. The van der Waals surface area contributed by atoms with Crippen LogP contribution in [0.3, 0.4) is 0 Å². The Balaban J connectivity index is 2.22. The van der Waals surface area contributed by atoms with Crippen LogP contribution in [-0.2, 0) is 36.8 Å². The summed E-state index contributed by atoms with van der Waals surface area (Å²) in [4.78, 5) is 62.4. The molecule has 10 N–H and O–H groups in total. The molecule has 2 aromatic carbocycles. The zero-order chi connectivity index (χ0) is 29.5. The molecular weight excluding hydrogens is 516 g/mol. The number of carbonyl (C=O) groups is 5. The summed E-state index contributed by atoms with van der Waals surface area (Å²) in [5.74, 6) is -4.10. The number of nitrogens with two attached hydrogens (primary N) is 3. The average molecular weight is 555 g/mol. The maximum absolute atomic E-state index is 13.4. The molecule has 0 aliphatic heterocycles. The predicted molar refractivity (Wildman–Crippen MR) is 148 cm³/mol. The van der Waals surface area contributed by atoms with E-state index in [9.17, 15) is 29.1 Å². The molecule has 4 amide bonds. The van der Waals surface area contributed by atoms with E-state index in [1.54, 1.807) is 60.7 Å². The number of amides is 4. The molecule has 4 atom stereocenters. The molecule has 216 valence electrons. The highest BCUT2D eigenvalue weighted by Crippen LogP contribution is 2.09. The van der Waals surface area contributed by atoms with Crippen LogP contribution < -0.4 is 33.2 Å². The molecule has 40 heavy (non-hydrogen) atoms. The second-order valence-corrected chi connectivity index (χ2v) is 9.46. The summed E-state index contributed by atoms with van der Waals surface area (Å²) in [6.45, 7) is 0.373. The fourth-order valence-corrected chi connectivity index (χ4v) is 4.00. The van der Waals surface area contributed by atoms with Crippen LogP contribution in [-0.4, -0.2) is 65.4 Å². The summed E-state index contributed by atoms with van der Waals surface area (Å²) in [6, 6.07) is 13.0. The Kier molecular flexibility index (Phi) is 13.3. The first-order valence-corrected chi connectivity index (χ1v) is 13.1. The second kappa shape index (κ2) is 16.6. The number of rotatable bonds is 17. The molecule has 0 aliphatic rings. The van der Waals surface area contributed by atoms with Crippen molar-refractivity contribution in [1.82, 2.24) is 16.0 Å². The molecule has 0 saturated carbocycles. The minimum absolute atomic E-state index is 0.0514. The van der Waals surface area contributed by atoms with Gasteiger partial charge in [0.2, 0.25) is 23.6 Å². The quantitative estimate of drug-likeness (QED) is 0.124. The van der Waals surface area contributed by atoms with Gasteiger partial charge in [-0.15, -0.1) is 0 Å². The van der Waals surface area contributed by atoms with Gasteiger partial charge >= 0.3 is 5.97 Å². The normalized spacial score (nSPS) is 13.8. The van der Waals surface area contributed by atoms with Gasteiger partial charge < -0.3 is 38.3 Å². The molecule has 0 spiro atoms. The smallest absolute Gasteiger partial charge is 0.326 e. The maximum Gasteiger partial charge on any atom is 0.326 e. The second-order valence-electron chi connectivity index (χ2n) is 9.46. The van der Waals surface area contributed by atoms with Crippen LogP contribution in [0, 0.1) is 0 Å². The molecule has 0 bridgehead atoms. The van der Waals surface area contributed by atoms with Crippen molar-refractivity contribution in [3.63, 3.8) is 0 Å². The monoisotopic (exact) mass is 554 g/mol. The molecule has 0 saturated heterocycles. The van der Waals surface area contributed by atoms with Gasteiger partial charge in [-0.1, -0.05) is 60.7 Å². The average Bonchev–Trinajstić information content (AvgIpc) is 2.92. The molecule has 12 nitrogen and oxygen atoms in total. The molecule has 2 rings (SSSR count). The fourth-order valence-electron chi connectivity index (χ4n) is 4.00. The van der Waals surface area contributed by atoms with E-state index in [0.717, 1.165) is 11.1 Å². The largest absolute Gasteiger partial charge is 0.480 e. The van der Waals surface area contributed by atoms with E-state index in [4.69, 9.17) is 17.2 Å². The lowest BCUT2D eigenvalue weighted by atomic mass is 10.0. The van der Waals surface area contributed by atoms with Gasteiger partial charge in [0.15, 0.2) is 0 Å². The number of carboxylic acids is 1. The van der Waals surface area contributed by atoms with Gasteiger partial charge in [-0.2, -0.15) is 0 Å². The summed E-state index contributed by atoms with van der Waals surface area (Å²) in [7, 11) is 0. The van der Waals surface area contributed by atoms with Crippen LogP contribution >= 0.6 is 0 Å². The van der Waals surface area contributed by atoms with Gasteiger partial charge in [0, 0.05) is 12.8 Å². The van der Waals surface area contributed by atoms with E-state index in [1.165, 1.54) is 0 Å². The maximum atomic E-state index is 13.4. The molecule has 0 fully saturated rings. The number of hydrogen-bond donors (Lipinski definition) is 7. The Morgan fingerprint density at radius 1 is 0.700 bits per heavy atom. The third kappa shape index (κ3) is 11.2. The van der Waals surface area contributed by atoms with E-state index in [2.05, 4.69) is 16.0 Å². The van der Waals surface area contributed by atoms with Crippen LogP contribution in [0.4, 0.5) is 0 Å². The summed E-state index contributed by atoms with van der Waals surface area (Å²) in [5, 5.41) is 17.4. The van der Waals surface area contributed by atoms with Crippen molar-refractivity contribution in [3.05, 3.63) is 71.8 Å². The lowest BCUT2D eigenvalue weighted by molar-refractivity contribution is -0.142. The van der Waals surface area contributed by atoms with Crippen molar-refractivity contribution < 1.29 is 29.1 Å². The van der Waals surface area contributed by atoms with Crippen LogP contribution in [0.15, 0.2) is 60.7 Å². The van der Waals surface area contributed by atoms with Crippen molar-refractivity contribution in [2.24, 2.45) is 17.2 Å². The SMILES string of the molecule is NCCCCC(NC(=O)C(Cc1ccccc1)NC(=O)C(N)CC(N)=O)C(=O)NC(Cc1ccccc1)C(=O)O. The van der Waals surface area contributed by atoms with E-state index in [1.807, 2.05) is 0 Å².